The van der Waals surface area contributed by atoms with Gasteiger partial charge in [-0.25, -0.2) is 0 Å². The Morgan fingerprint density at radius 2 is 2.07 bits per heavy atom. The largest absolute Gasteiger partial charge is 0.353 e. The van der Waals surface area contributed by atoms with Gasteiger partial charge in [-0.1, -0.05) is 44.8 Å². The average Bonchev–Trinajstić information content (AvgIpc) is 2.70. The van der Waals surface area contributed by atoms with Gasteiger partial charge in [0.2, 0.25) is 5.91 Å². The van der Waals surface area contributed by atoms with Crippen LogP contribution >= 0.6 is 0 Å². The van der Waals surface area contributed by atoms with E-state index in [0.29, 0.717) is 12.5 Å². The van der Waals surface area contributed by atoms with Gasteiger partial charge in [-0.3, -0.25) is 4.79 Å². The first-order chi connectivity index (χ1) is 7.33. The Morgan fingerprint density at radius 1 is 1.33 bits per heavy atom. The molecule has 1 N–H and O–H groups in total. The first-order valence-electron chi connectivity index (χ1n) is 6.27. The first kappa shape index (κ1) is 12.3. The molecule has 15 heavy (non-hydrogen) atoms. The monoisotopic (exact) mass is 209 g/mol. The second-order valence-electron chi connectivity index (χ2n) is 4.37. The molecule has 0 bridgehead atoms. The molecule has 0 saturated heterocycles. The molecule has 0 aromatic carbocycles. The standard InChI is InChI=1S/C13H23NO/c1-2-3-4-5-6-11-13(15)14-12-9-7-8-10-12/h5-6,12H,2-4,7-11H2,1H3,(H,14,15). The average molecular weight is 209 g/mol. The quantitative estimate of drug-likeness (QED) is 0.528. The number of rotatable bonds is 6. The van der Waals surface area contributed by atoms with E-state index in [0.717, 1.165) is 6.42 Å². The third kappa shape index (κ3) is 5.60. The summed E-state index contributed by atoms with van der Waals surface area (Å²) in [5, 5.41) is 3.08. The van der Waals surface area contributed by atoms with Crippen molar-refractivity contribution >= 4 is 5.91 Å². The third-order valence-electron chi connectivity index (χ3n) is 2.91. The van der Waals surface area contributed by atoms with Crippen molar-refractivity contribution in [2.75, 3.05) is 0 Å². The lowest BCUT2D eigenvalue weighted by Crippen LogP contribution is -2.31. The van der Waals surface area contributed by atoms with Gasteiger partial charge >= 0.3 is 0 Å². The second-order valence-corrected chi connectivity index (χ2v) is 4.37. The molecule has 0 atom stereocenters. The number of nitrogens with one attached hydrogen (secondary N) is 1. The van der Waals surface area contributed by atoms with Crippen LogP contribution in [0.15, 0.2) is 12.2 Å². The lowest BCUT2D eigenvalue weighted by atomic mass is 10.2. The van der Waals surface area contributed by atoms with Crippen molar-refractivity contribution < 1.29 is 4.79 Å². The molecule has 0 aromatic heterocycles. The van der Waals surface area contributed by atoms with E-state index in [2.05, 4.69) is 18.3 Å². The van der Waals surface area contributed by atoms with Gasteiger partial charge in [-0.15, -0.1) is 0 Å². The highest BCUT2D eigenvalue weighted by atomic mass is 16.1. The topological polar surface area (TPSA) is 29.1 Å². The summed E-state index contributed by atoms with van der Waals surface area (Å²) < 4.78 is 0. The Labute approximate surface area is 93.1 Å². The zero-order chi connectivity index (χ0) is 10.9. The number of carbonyl (C=O) groups excluding carboxylic acids is 1. The molecule has 0 radical (unpaired) electrons. The fourth-order valence-corrected chi connectivity index (χ4v) is 1.99. The SMILES string of the molecule is CCCCC=CCC(=O)NC1CCCC1. The van der Waals surface area contributed by atoms with E-state index < -0.39 is 0 Å². The number of hydrogen-bond donors (Lipinski definition) is 1. The highest BCUT2D eigenvalue weighted by Gasteiger charge is 2.15. The Bertz CT molecular complexity index is 205. The van der Waals surface area contributed by atoms with Gasteiger partial charge in [0, 0.05) is 12.5 Å². The molecular weight excluding hydrogens is 186 g/mol. The lowest BCUT2D eigenvalue weighted by molar-refractivity contribution is -0.120. The van der Waals surface area contributed by atoms with E-state index in [4.69, 9.17) is 0 Å². The summed E-state index contributed by atoms with van der Waals surface area (Å²) in [6.07, 6.45) is 13.1. The van der Waals surface area contributed by atoms with Gasteiger partial charge in [0.05, 0.1) is 0 Å². The van der Waals surface area contributed by atoms with Crippen molar-refractivity contribution in [2.24, 2.45) is 0 Å². The minimum atomic E-state index is 0.189. The molecule has 86 valence electrons. The third-order valence-corrected chi connectivity index (χ3v) is 2.91. The molecule has 1 rings (SSSR count). The van der Waals surface area contributed by atoms with Crippen molar-refractivity contribution in [1.82, 2.24) is 5.32 Å². The summed E-state index contributed by atoms with van der Waals surface area (Å²) in [6.45, 7) is 2.18. The van der Waals surface area contributed by atoms with E-state index in [-0.39, 0.29) is 5.91 Å². The summed E-state index contributed by atoms with van der Waals surface area (Å²) in [6, 6.07) is 0.460. The van der Waals surface area contributed by atoms with Gasteiger partial charge in [-0.2, -0.15) is 0 Å². The van der Waals surface area contributed by atoms with Crippen LogP contribution in [0.25, 0.3) is 0 Å². The van der Waals surface area contributed by atoms with Gasteiger partial charge in [-0.05, 0) is 19.3 Å². The zero-order valence-electron chi connectivity index (χ0n) is 9.80. The van der Waals surface area contributed by atoms with Crippen LogP contribution in [0.5, 0.6) is 0 Å². The maximum absolute atomic E-state index is 11.5. The molecule has 1 amide bonds. The molecule has 1 aliphatic carbocycles. The Hall–Kier alpha value is -0.790. The van der Waals surface area contributed by atoms with Crippen LogP contribution in [0.1, 0.15) is 58.3 Å². The van der Waals surface area contributed by atoms with Gasteiger partial charge in [0.1, 0.15) is 0 Å². The van der Waals surface area contributed by atoms with Crippen molar-refractivity contribution in [3.05, 3.63) is 12.2 Å². The summed E-state index contributed by atoms with van der Waals surface area (Å²) in [5.74, 6) is 0.189. The molecule has 0 aromatic rings. The Balaban J connectivity index is 2.04. The maximum atomic E-state index is 11.5. The van der Waals surface area contributed by atoms with Crippen molar-refractivity contribution in [2.45, 2.75) is 64.3 Å². The molecular formula is C13H23NO. The van der Waals surface area contributed by atoms with Crippen LogP contribution in [0.2, 0.25) is 0 Å². The molecule has 1 aliphatic rings. The predicted molar refractivity (Wildman–Crippen MR) is 63.7 cm³/mol. The van der Waals surface area contributed by atoms with Crippen LogP contribution in [-0.4, -0.2) is 11.9 Å². The molecule has 1 saturated carbocycles. The molecule has 1 fully saturated rings. The van der Waals surface area contributed by atoms with Crippen LogP contribution in [-0.2, 0) is 4.79 Å². The van der Waals surface area contributed by atoms with E-state index in [1.807, 2.05) is 6.08 Å². The number of hydrogen-bond acceptors (Lipinski definition) is 1. The number of carbonyl (C=O) groups is 1. The molecule has 0 spiro atoms. The number of unbranched alkanes of at least 4 members (excludes halogenated alkanes) is 2. The van der Waals surface area contributed by atoms with E-state index in [1.54, 1.807) is 0 Å². The molecule has 2 heteroatoms. The lowest BCUT2D eigenvalue weighted by Gasteiger charge is -2.10. The van der Waals surface area contributed by atoms with Crippen molar-refractivity contribution in [3.63, 3.8) is 0 Å². The fraction of sp³-hybridized carbons (Fsp3) is 0.769. The van der Waals surface area contributed by atoms with Crippen molar-refractivity contribution in [3.8, 4) is 0 Å². The molecule has 0 heterocycles. The zero-order valence-corrected chi connectivity index (χ0v) is 9.80. The van der Waals surface area contributed by atoms with Gasteiger partial charge < -0.3 is 5.32 Å². The van der Waals surface area contributed by atoms with Crippen LogP contribution in [0.3, 0.4) is 0 Å². The second kappa shape index (κ2) is 7.49. The number of allylic oxidation sites excluding steroid dienone is 1. The number of amides is 1. The predicted octanol–water partition coefficient (Wildman–Crippen LogP) is 3.18. The molecule has 2 nitrogen and oxygen atoms in total. The summed E-state index contributed by atoms with van der Waals surface area (Å²) in [7, 11) is 0. The van der Waals surface area contributed by atoms with Crippen molar-refractivity contribution in [1.29, 1.82) is 0 Å². The maximum Gasteiger partial charge on any atom is 0.224 e. The Kier molecular flexibility index (Phi) is 6.14. The first-order valence-corrected chi connectivity index (χ1v) is 6.27. The summed E-state index contributed by atoms with van der Waals surface area (Å²) in [5.41, 5.74) is 0. The Morgan fingerprint density at radius 3 is 2.73 bits per heavy atom. The van der Waals surface area contributed by atoms with Crippen LogP contribution < -0.4 is 5.32 Å². The highest BCUT2D eigenvalue weighted by Crippen LogP contribution is 2.17. The molecule has 0 unspecified atom stereocenters. The summed E-state index contributed by atoms with van der Waals surface area (Å²) >= 11 is 0. The minimum Gasteiger partial charge on any atom is -0.353 e. The highest BCUT2D eigenvalue weighted by molar-refractivity contribution is 5.77. The van der Waals surface area contributed by atoms with Crippen LogP contribution in [0, 0.1) is 0 Å². The van der Waals surface area contributed by atoms with Gasteiger partial charge in [0.25, 0.3) is 0 Å². The fourth-order valence-electron chi connectivity index (χ4n) is 1.99. The normalized spacial score (nSPS) is 17.4. The van der Waals surface area contributed by atoms with Crippen LogP contribution in [0.4, 0.5) is 0 Å². The smallest absolute Gasteiger partial charge is 0.224 e. The summed E-state index contributed by atoms with van der Waals surface area (Å²) in [4.78, 5) is 11.5. The molecule has 0 aliphatic heterocycles. The van der Waals surface area contributed by atoms with Gasteiger partial charge in [0.15, 0.2) is 0 Å². The minimum absolute atomic E-state index is 0.189. The van der Waals surface area contributed by atoms with E-state index in [9.17, 15) is 4.79 Å². The van der Waals surface area contributed by atoms with E-state index >= 15 is 0 Å². The van der Waals surface area contributed by atoms with E-state index in [1.165, 1.54) is 38.5 Å².